The fourth-order valence-corrected chi connectivity index (χ4v) is 2.68. The highest BCUT2D eigenvalue weighted by molar-refractivity contribution is 5.82. The Morgan fingerprint density at radius 2 is 2.00 bits per heavy atom. The molecule has 0 aliphatic carbocycles. The van der Waals surface area contributed by atoms with Gasteiger partial charge < -0.3 is 19.3 Å². The first-order valence-corrected chi connectivity index (χ1v) is 7.25. The average Bonchev–Trinajstić information content (AvgIpc) is 2.91. The lowest BCUT2D eigenvalue weighted by atomic mass is 10.0. The predicted molar refractivity (Wildman–Crippen MR) is 80.6 cm³/mol. The minimum absolute atomic E-state index is 0.0168. The Morgan fingerprint density at radius 1 is 1.30 bits per heavy atom. The summed E-state index contributed by atoms with van der Waals surface area (Å²) in [6.45, 7) is 0.0595. The van der Waals surface area contributed by atoms with Crippen LogP contribution in [0.3, 0.4) is 0 Å². The third kappa shape index (κ3) is 4.20. The number of benzene rings is 1. The molecule has 1 saturated heterocycles. The Morgan fingerprint density at radius 3 is 2.61 bits per heavy atom. The summed E-state index contributed by atoms with van der Waals surface area (Å²) >= 11 is 0. The van der Waals surface area contributed by atoms with E-state index in [1.54, 1.807) is 0 Å². The summed E-state index contributed by atoms with van der Waals surface area (Å²) in [4.78, 5) is 25.3. The Labute approximate surface area is 134 Å². The van der Waals surface area contributed by atoms with Gasteiger partial charge in [0.25, 0.3) is 0 Å². The molecule has 1 aliphatic rings. The molecular weight excluding hydrogens is 302 g/mol. The second-order valence-corrected chi connectivity index (χ2v) is 5.57. The summed E-state index contributed by atoms with van der Waals surface area (Å²) in [7, 11) is 2.69. The summed E-state index contributed by atoms with van der Waals surface area (Å²) in [5, 5.41) is 10.4. The van der Waals surface area contributed by atoms with Crippen LogP contribution in [0.25, 0.3) is 0 Å². The smallest absolute Gasteiger partial charge is 0.410 e. The fourth-order valence-electron chi connectivity index (χ4n) is 2.68. The van der Waals surface area contributed by atoms with Crippen LogP contribution in [0.1, 0.15) is 12.0 Å². The van der Waals surface area contributed by atoms with Crippen molar-refractivity contribution in [2.24, 2.45) is 0 Å². The number of rotatable bonds is 5. The van der Waals surface area contributed by atoms with Gasteiger partial charge in [0, 0.05) is 13.5 Å². The van der Waals surface area contributed by atoms with Crippen molar-refractivity contribution in [3.63, 3.8) is 0 Å². The summed E-state index contributed by atoms with van der Waals surface area (Å²) in [6, 6.07) is 8.32. The van der Waals surface area contributed by atoms with Crippen LogP contribution in [-0.4, -0.2) is 61.1 Å². The highest BCUT2D eigenvalue weighted by Gasteiger charge is 2.49. The third-order valence-corrected chi connectivity index (χ3v) is 3.74. The lowest BCUT2D eigenvalue weighted by Gasteiger charge is -2.23. The maximum Gasteiger partial charge on any atom is 0.410 e. The molecule has 2 atom stereocenters. The number of aliphatic hydroxyl groups is 1. The van der Waals surface area contributed by atoms with Gasteiger partial charge in [0.15, 0.2) is 0 Å². The van der Waals surface area contributed by atoms with Gasteiger partial charge in [0.2, 0.25) is 0 Å². The molecule has 1 aliphatic heterocycles. The molecule has 0 radical (unpaired) electrons. The van der Waals surface area contributed by atoms with E-state index in [1.165, 1.54) is 19.1 Å². The van der Waals surface area contributed by atoms with E-state index in [2.05, 4.69) is 0 Å². The van der Waals surface area contributed by atoms with Crippen molar-refractivity contribution >= 4 is 12.1 Å². The van der Waals surface area contributed by atoms with Crippen LogP contribution in [0, 0.1) is 0 Å². The van der Waals surface area contributed by atoms with Gasteiger partial charge in [-0.3, -0.25) is 4.90 Å². The minimum atomic E-state index is -1.29. The molecule has 2 rings (SSSR count). The van der Waals surface area contributed by atoms with Crippen LogP contribution in [-0.2, 0) is 25.6 Å². The van der Waals surface area contributed by atoms with Gasteiger partial charge in [0.1, 0.15) is 18.2 Å². The number of hydrogen-bond acceptors (Lipinski definition) is 6. The molecule has 1 fully saturated rings. The van der Waals surface area contributed by atoms with E-state index < -0.39 is 23.7 Å². The highest BCUT2D eigenvalue weighted by atomic mass is 16.6. The zero-order valence-electron chi connectivity index (χ0n) is 13.2. The summed E-state index contributed by atoms with van der Waals surface area (Å²) < 4.78 is 14.9. The predicted octanol–water partition coefficient (Wildman–Crippen LogP) is 0.948. The van der Waals surface area contributed by atoms with Crippen molar-refractivity contribution in [2.45, 2.75) is 24.7 Å². The van der Waals surface area contributed by atoms with Gasteiger partial charge in [-0.25, -0.2) is 9.59 Å². The Bertz CT molecular complexity index is 549. The minimum Gasteiger partial charge on any atom is -0.467 e. The molecule has 1 heterocycles. The topological polar surface area (TPSA) is 85.3 Å². The maximum absolute atomic E-state index is 12.3. The summed E-state index contributed by atoms with van der Waals surface area (Å²) in [5.41, 5.74) is -0.457. The van der Waals surface area contributed by atoms with Gasteiger partial charge in [-0.15, -0.1) is 0 Å². The van der Waals surface area contributed by atoms with Gasteiger partial charge in [-0.05, 0) is 5.56 Å². The number of hydrogen-bond donors (Lipinski definition) is 1. The standard InChI is InChI=1S/C16H21NO6/c1-21-11-16(20)8-13(14(18)22-2)17(10-16)15(19)23-9-12-6-4-3-5-7-12/h3-7,13,20H,8-11H2,1-2H3/t13-,16+/m0/s1. The summed E-state index contributed by atoms with van der Waals surface area (Å²) in [5.74, 6) is -0.589. The number of amides is 1. The normalized spacial score (nSPS) is 23.6. The molecule has 0 saturated carbocycles. The van der Waals surface area contributed by atoms with Crippen LogP contribution in [0.15, 0.2) is 30.3 Å². The van der Waals surface area contributed by atoms with Gasteiger partial charge >= 0.3 is 12.1 Å². The number of β-amino-alcohol motifs (C(OH)–C–C–N with tert-alkyl or cyclic N) is 1. The van der Waals surface area contributed by atoms with Crippen molar-refractivity contribution in [3.05, 3.63) is 35.9 Å². The van der Waals surface area contributed by atoms with Crippen LogP contribution in [0.2, 0.25) is 0 Å². The van der Waals surface area contributed by atoms with E-state index in [0.29, 0.717) is 0 Å². The first kappa shape index (κ1) is 17.2. The van der Waals surface area contributed by atoms with E-state index >= 15 is 0 Å². The van der Waals surface area contributed by atoms with Gasteiger partial charge in [-0.2, -0.15) is 0 Å². The van der Waals surface area contributed by atoms with Crippen molar-refractivity contribution in [3.8, 4) is 0 Å². The number of nitrogens with zero attached hydrogens (tertiary/aromatic N) is 1. The van der Waals surface area contributed by atoms with Crippen molar-refractivity contribution in [2.75, 3.05) is 27.4 Å². The molecule has 1 aromatic carbocycles. The van der Waals surface area contributed by atoms with Gasteiger partial charge in [0.05, 0.1) is 20.3 Å². The first-order chi connectivity index (χ1) is 11.0. The number of carbonyl (C=O) groups excluding carboxylic acids is 2. The quantitative estimate of drug-likeness (QED) is 0.812. The van der Waals surface area contributed by atoms with Crippen molar-refractivity contribution < 1.29 is 28.9 Å². The van der Waals surface area contributed by atoms with Crippen molar-refractivity contribution in [1.82, 2.24) is 4.90 Å². The molecule has 23 heavy (non-hydrogen) atoms. The van der Waals surface area contributed by atoms with E-state index in [-0.39, 0.29) is 26.2 Å². The zero-order chi connectivity index (χ0) is 16.9. The number of methoxy groups -OCH3 is 2. The molecule has 0 unspecified atom stereocenters. The molecule has 0 spiro atoms. The molecular formula is C16H21NO6. The first-order valence-electron chi connectivity index (χ1n) is 7.25. The number of carbonyl (C=O) groups is 2. The Kier molecular flexibility index (Phi) is 5.57. The van der Waals surface area contributed by atoms with Crippen LogP contribution in [0.4, 0.5) is 4.79 Å². The van der Waals surface area contributed by atoms with E-state index in [0.717, 1.165) is 5.56 Å². The van der Waals surface area contributed by atoms with Crippen molar-refractivity contribution in [1.29, 1.82) is 0 Å². The molecule has 1 N–H and O–H groups in total. The van der Waals surface area contributed by atoms with Crippen LogP contribution >= 0.6 is 0 Å². The zero-order valence-corrected chi connectivity index (χ0v) is 13.2. The monoisotopic (exact) mass is 323 g/mol. The molecule has 0 bridgehead atoms. The van der Waals surface area contributed by atoms with E-state index in [4.69, 9.17) is 14.2 Å². The second-order valence-electron chi connectivity index (χ2n) is 5.57. The van der Waals surface area contributed by atoms with Crippen LogP contribution in [0.5, 0.6) is 0 Å². The number of ether oxygens (including phenoxy) is 3. The van der Waals surface area contributed by atoms with E-state index in [1.807, 2.05) is 30.3 Å². The molecule has 0 aromatic heterocycles. The maximum atomic E-state index is 12.3. The largest absolute Gasteiger partial charge is 0.467 e. The Balaban J connectivity index is 2.04. The second kappa shape index (κ2) is 7.43. The molecule has 1 amide bonds. The lowest BCUT2D eigenvalue weighted by Crippen LogP contribution is -2.42. The molecule has 7 nitrogen and oxygen atoms in total. The molecule has 126 valence electrons. The third-order valence-electron chi connectivity index (χ3n) is 3.74. The highest BCUT2D eigenvalue weighted by Crippen LogP contribution is 2.29. The SMILES string of the molecule is COC[C@@]1(O)C[C@@H](C(=O)OC)N(C(=O)OCc2ccccc2)C1. The Hall–Kier alpha value is -2.12. The molecule has 7 heteroatoms. The van der Waals surface area contributed by atoms with Crippen LogP contribution < -0.4 is 0 Å². The lowest BCUT2D eigenvalue weighted by molar-refractivity contribution is -0.145. The fraction of sp³-hybridized carbons (Fsp3) is 0.500. The van der Waals surface area contributed by atoms with E-state index in [9.17, 15) is 14.7 Å². The molecule has 1 aromatic rings. The summed E-state index contributed by atoms with van der Waals surface area (Å²) in [6.07, 6.45) is -0.621. The number of likely N-dealkylation sites (tertiary alicyclic amines) is 1. The number of esters is 1. The van der Waals surface area contributed by atoms with Gasteiger partial charge in [-0.1, -0.05) is 30.3 Å². The average molecular weight is 323 g/mol.